The number of nitrogens with two attached hydrogens (primary N) is 1. The quantitative estimate of drug-likeness (QED) is 0.871. The number of nitrogens with one attached hydrogen (secondary N) is 1. The first-order valence-corrected chi connectivity index (χ1v) is 9.01. The summed E-state index contributed by atoms with van der Waals surface area (Å²) in [6.07, 6.45) is 2.64. The molecule has 126 valence electrons. The maximum Gasteiger partial charge on any atom is 0.270 e. The number of sulfonamides is 1. The van der Waals surface area contributed by atoms with E-state index in [9.17, 15) is 13.2 Å². The van der Waals surface area contributed by atoms with E-state index in [1.165, 1.54) is 12.1 Å². The minimum atomic E-state index is -3.83. The maximum absolute atomic E-state index is 12.4. The summed E-state index contributed by atoms with van der Waals surface area (Å²) in [5, 5.41) is 7.95. The van der Waals surface area contributed by atoms with Crippen LogP contribution in [-0.2, 0) is 10.0 Å². The van der Waals surface area contributed by atoms with Crippen LogP contribution in [0.2, 0.25) is 0 Å². The van der Waals surface area contributed by atoms with Crippen LogP contribution in [-0.4, -0.2) is 25.9 Å². The van der Waals surface area contributed by atoms with Crippen molar-refractivity contribution in [3.8, 4) is 5.75 Å². The Morgan fingerprint density at radius 3 is 2.75 bits per heavy atom. The van der Waals surface area contributed by atoms with Crippen LogP contribution in [0.5, 0.6) is 5.75 Å². The zero-order chi connectivity index (χ0) is 17.2. The van der Waals surface area contributed by atoms with Gasteiger partial charge >= 0.3 is 0 Å². The summed E-state index contributed by atoms with van der Waals surface area (Å²) in [4.78, 5) is 16.2. The van der Waals surface area contributed by atoms with E-state index in [4.69, 9.17) is 9.88 Å². The number of hydrogen-bond acceptors (Lipinski definition) is 5. The van der Waals surface area contributed by atoms with Crippen LogP contribution in [0.3, 0.4) is 0 Å². The molecule has 1 aromatic carbocycles. The average Bonchev–Trinajstić information content (AvgIpc) is 2.77. The zero-order valence-corrected chi connectivity index (χ0v) is 13.6. The summed E-state index contributed by atoms with van der Waals surface area (Å²) in [7, 11) is -3.83. The summed E-state index contributed by atoms with van der Waals surface area (Å²) in [5.74, 6) is 0.385. The number of hydrogen-bond donors (Lipinski definition) is 2. The van der Waals surface area contributed by atoms with Crippen molar-refractivity contribution in [2.24, 2.45) is 5.14 Å². The molecule has 3 N–H and O–H groups in total. The zero-order valence-electron chi connectivity index (χ0n) is 12.8. The van der Waals surface area contributed by atoms with Gasteiger partial charge < -0.3 is 10.1 Å². The van der Waals surface area contributed by atoms with Gasteiger partial charge in [-0.25, -0.2) is 18.5 Å². The number of benzene rings is 1. The monoisotopic (exact) mass is 347 g/mol. The van der Waals surface area contributed by atoms with E-state index in [1.807, 2.05) is 24.3 Å². The molecule has 0 fully saturated rings. The van der Waals surface area contributed by atoms with Gasteiger partial charge in [0.1, 0.15) is 16.3 Å². The molecule has 2 heterocycles. The molecule has 0 bridgehead atoms. The van der Waals surface area contributed by atoms with E-state index in [0.29, 0.717) is 6.61 Å². The number of nitrogens with zero attached hydrogens (tertiary/aromatic N) is 1. The Balaban J connectivity index is 1.80. The predicted octanol–water partition coefficient (Wildman–Crippen LogP) is 1.37. The highest BCUT2D eigenvalue weighted by Gasteiger charge is 2.22. The Morgan fingerprint density at radius 2 is 2.04 bits per heavy atom. The molecule has 0 radical (unpaired) electrons. The predicted molar refractivity (Wildman–Crippen MR) is 87.0 cm³/mol. The van der Waals surface area contributed by atoms with Crippen molar-refractivity contribution in [3.63, 3.8) is 0 Å². The van der Waals surface area contributed by atoms with E-state index >= 15 is 0 Å². The molecule has 1 aromatic heterocycles. The molecule has 0 saturated carbocycles. The Morgan fingerprint density at radius 1 is 1.25 bits per heavy atom. The molecule has 8 heteroatoms. The summed E-state index contributed by atoms with van der Waals surface area (Å²) in [5.41, 5.74) is 1.05. The molecule has 3 rings (SSSR count). The van der Waals surface area contributed by atoms with Gasteiger partial charge in [-0.05, 0) is 31.0 Å². The molecule has 0 saturated heterocycles. The third-order valence-corrected chi connectivity index (χ3v) is 4.69. The SMILES string of the molecule is NS(=O)(=O)c1ccc(C(=O)N[C@H]2CCCOc3ccccc32)nc1. The molecule has 24 heavy (non-hydrogen) atoms. The molecule has 7 nitrogen and oxygen atoms in total. The fourth-order valence-corrected chi connectivity index (χ4v) is 3.05. The number of fused-ring (bicyclic) bond motifs is 1. The Bertz CT molecular complexity index is 850. The van der Waals surface area contributed by atoms with Gasteiger partial charge in [-0.2, -0.15) is 0 Å². The minimum absolute atomic E-state index is 0.130. The average molecular weight is 347 g/mol. The van der Waals surface area contributed by atoms with Crippen LogP contribution in [0.15, 0.2) is 47.5 Å². The fourth-order valence-electron chi connectivity index (χ4n) is 2.59. The third kappa shape index (κ3) is 3.55. The van der Waals surface area contributed by atoms with Gasteiger partial charge in [0, 0.05) is 11.8 Å². The topological polar surface area (TPSA) is 111 Å². The first-order chi connectivity index (χ1) is 11.4. The lowest BCUT2D eigenvalue weighted by Gasteiger charge is -2.18. The van der Waals surface area contributed by atoms with E-state index in [0.717, 1.165) is 30.4 Å². The number of carbonyl (C=O) groups excluding carboxylic acids is 1. The van der Waals surface area contributed by atoms with E-state index < -0.39 is 10.0 Å². The number of rotatable bonds is 3. The summed E-state index contributed by atoms with van der Waals surface area (Å²) in [6, 6.07) is 10.00. The standard InChI is InChI=1S/C16H17N3O4S/c17-24(21,22)11-7-8-14(18-10-11)16(20)19-13-5-3-9-23-15-6-2-1-4-12(13)15/h1-2,4,6-8,10,13H,3,5,9H2,(H,19,20)(H2,17,21,22)/t13-/m0/s1. The molecule has 1 atom stereocenters. The Kier molecular flexibility index (Phi) is 4.50. The van der Waals surface area contributed by atoms with Crippen LogP contribution in [0, 0.1) is 0 Å². The van der Waals surface area contributed by atoms with Crippen molar-refractivity contribution in [3.05, 3.63) is 53.9 Å². The number of primary sulfonamides is 1. The van der Waals surface area contributed by atoms with Gasteiger partial charge in [-0.1, -0.05) is 18.2 Å². The van der Waals surface area contributed by atoms with Gasteiger partial charge in [0.15, 0.2) is 0 Å². The molecule has 2 aromatic rings. The van der Waals surface area contributed by atoms with Gasteiger partial charge in [0.05, 0.1) is 12.6 Å². The largest absolute Gasteiger partial charge is 0.493 e. The second-order valence-electron chi connectivity index (χ2n) is 5.48. The molecular formula is C16H17N3O4S. The second kappa shape index (κ2) is 6.58. The number of aromatic nitrogens is 1. The number of pyridine rings is 1. The van der Waals surface area contributed by atoms with Gasteiger partial charge in [-0.3, -0.25) is 4.79 Å². The van der Waals surface area contributed by atoms with Gasteiger partial charge in [0.25, 0.3) is 5.91 Å². The highest BCUT2D eigenvalue weighted by molar-refractivity contribution is 7.89. The van der Waals surface area contributed by atoms with Crippen molar-refractivity contribution < 1.29 is 17.9 Å². The fraction of sp³-hybridized carbons (Fsp3) is 0.250. The second-order valence-corrected chi connectivity index (χ2v) is 7.04. The number of ether oxygens (including phenoxy) is 1. The van der Waals surface area contributed by atoms with Gasteiger partial charge in [-0.15, -0.1) is 0 Å². The van der Waals surface area contributed by atoms with E-state index in [2.05, 4.69) is 10.3 Å². The van der Waals surface area contributed by atoms with Crippen LogP contribution in [0.1, 0.15) is 34.9 Å². The van der Waals surface area contributed by atoms with Crippen molar-refractivity contribution >= 4 is 15.9 Å². The summed E-state index contributed by atoms with van der Waals surface area (Å²) < 4.78 is 28.1. The first-order valence-electron chi connectivity index (χ1n) is 7.46. The Hall–Kier alpha value is -2.45. The first kappa shape index (κ1) is 16.4. The van der Waals surface area contributed by atoms with Crippen LogP contribution in [0.4, 0.5) is 0 Å². The van der Waals surface area contributed by atoms with Gasteiger partial charge in [0.2, 0.25) is 10.0 Å². The minimum Gasteiger partial charge on any atom is -0.493 e. The number of para-hydroxylation sites is 1. The molecule has 1 aliphatic heterocycles. The highest BCUT2D eigenvalue weighted by Crippen LogP contribution is 2.31. The molecule has 0 unspecified atom stereocenters. The van der Waals surface area contributed by atoms with Crippen molar-refractivity contribution in [2.75, 3.05) is 6.61 Å². The molecule has 0 aliphatic carbocycles. The van der Waals surface area contributed by atoms with E-state index in [1.54, 1.807) is 0 Å². The van der Waals surface area contributed by atoms with Crippen LogP contribution < -0.4 is 15.2 Å². The molecular weight excluding hydrogens is 330 g/mol. The van der Waals surface area contributed by atoms with Crippen molar-refractivity contribution in [1.82, 2.24) is 10.3 Å². The van der Waals surface area contributed by atoms with Crippen LogP contribution >= 0.6 is 0 Å². The Labute approximate surface area is 139 Å². The normalized spacial score (nSPS) is 17.3. The highest BCUT2D eigenvalue weighted by atomic mass is 32.2. The number of amides is 1. The summed E-state index contributed by atoms with van der Waals surface area (Å²) in [6.45, 7) is 0.602. The molecule has 1 amide bonds. The third-order valence-electron chi connectivity index (χ3n) is 3.79. The summed E-state index contributed by atoms with van der Waals surface area (Å²) >= 11 is 0. The lowest BCUT2D eigenvalue weighted by atomic mass is 10.0. The smallest absolute Gasteiger partial charge is 0.270 e. The number of carbonyl (C=O) groups is 1. The lowest BCUT2D eigenvalue weighted by molar-refractivity contribution is 0.0929. The van der Waals surface area contributed by atoms with Crippen molar-refractivity contribution in [1.29, 1.82) is 0 Å². The molecule has 1 aliphatic rings. The lowest BCUT2D eigenvalue weighted by Crippen LogP contribution is -2.29. The van der Waals surface area contributed by atoms with E-state index in [-0.39, 0.29) is 22.5 Å². The molecule has 0 spiro atoms. The van der Waals surface area contributed by atoms with Crippen LogP contribution in [0.25, 0.3) is 0 Å². The maximum atomic E-state index is 12.4. The van der Waals surface area contributed by atoms with Crippen molar-refractivity contribution in [2.45, 2.75) is 23.8 Å².